The van der Waals surface area contributed by atoms with Crippen LogP contribution in [0.4, 0.5) is 0 Å². The first-order valence-electron chi connectivity index (χ1n) is 6.67. The molecule has 0 atom stereocenters. The molecule has 0 fully saturated rings. The van der Waals surface area contributed by atoms with E-state index >= 15 is 0 Å². The number of hydrogen-bond donors (Lipinski definition) is 0. The molecular formula is C19H19S+. The first-order chi connectivity index (χ1) is 9.92. The topological polar surface area (TPSA) is 0 Å². The number of benzene rings is 2. The molecule has 2 rings (SSSR count). The van der Waals surface area contributed by atoms with Crippen molar-refractivity contribution in [1.82, 2.24) is 0 Å². The average Bonchev–Trinajstić information content (AvgIpc) is 2.53. The van der Waals surface area contributed by atoms with Gasteiger partial charge in [-0.3, -0.25) is 0 Å². The molecule has 0 aromatic heterocycles. The van der Waals surface area contributed by atoms with Gasteiger partial charge in [0.1, 0.15) is 5.75 Å². The highest BCUT2D eigenvalue weighted by Crippen LogP contribution is 2.23. The Bertz CT molecular complexity index is 528. The Hall–Kier alpha value is -1.99. The van der Waals surface area contributed by atoms with E-state index in [1.807, 2.05) is 12.2 Å². The van der Waals surface area contributed by atoms with Gasteiger partial charge in [-0.1, -0.05) is 67.3 Å². The third kappa shape index (κ3) is 4.29. The molecule has 20 heavy (non-hydrogen) atoms. The van der Waals surface area contributed by atoms with Crippen LogP contribution in [-0.4, -0.2) is 5.75 Å². The van der Waals surface area contributed by atoms with Crippen LogP contribution in [0.2, 0.25) is 0 Å². The van der Waals surface area contributed by atoms with Gasteiger partial charge < -0.3 is 0 Å². The largest absolute Gasteiger partial charge is 0.161 e. The summed E-state index contributed by atoms with van der Waals surface area (Å²) in [7, 11) is 0.0968. The molecule has 0 saturated heterocycles. The van der Waals surface area contributed by atoms with Crippen LogP contribution >= 0.6 is 0 Å². The van der Waals surface area contributed by atoms with Crippen molar-refractivity contribution in [2.75, 3.05) is 5.75 Å². The van der Waals surface area contributed by atoms with E-state index in [1.165, 1.54) is 9.79 Å². The van der Waals surface area contributed by atoms with E-state index in [2.05, 4.69) is 79.4 Å². The molecule has 0 nitrogen and oxygen atoms in total. The minimum atomic E-state index is 0.0968. The van der Waals surface area contributed by atoms with E-state index < -0.39 is 0 Å². The molecule has 0 spiro atoms. The Balaban J connectivity index is 2.19. The van der Waals surface area contributed by atoms with Gasteiger partial charge in [0.05, 0.1) is 10.9 Å². The Labute approximate surface area is 124 Å². The lowest BCUT2D eigenvalue weighted by Gasteiger charge is -2.05. The molecule has 0 heterocycles. The van der Waals surface area contributed by atoms with Gasteiger partial charge >= 0.3 is 0 Å². The second-order valence-electron chi connectivity index (χ2n) is 4.23. The highest BCUT2D eigenvalue weighted by molar-refractivity contribution is 7.97. The molecule has 0 aliphatic rings. The predicted octanol–water partition coefficient (Wildman–Crippen LogP) is 5.02. The molecule has 0 bridgehead atoms. The van der Waals surface area contributed by atoms with Gasteiger partial charge in [-0.05, 0) is 30.3 Å². The molecule has 0 aliphatic heterocycles. The van der Waals surface area contributed by atoms with Crippen molar-refractivity contribution < 1.29 is 0 Å². The standard InChI is InChI=1S/C19H19S/c1-2-3-4-5-12-17-20(18-13-8-6-9-14-18)19-15-10-7-11-16-19/h2-16H,1,17H2/q+1/b4-3-,12-5-. The van der Waals surface area contributed by atoms with E-state index in [9.17, 15) is 0 Å². The lowest BCUT2D eigenvalue weighted by Crippen LogP contribution is -2.06. The summed E-state index contributed by atoms with van der Waals surface area (Å²) in [6, 6.07) is 21.4. The van der Waals surface area contributed by atoms with Gasteiger partial charge in [-0.15, -0.1) is 0 Å². The van der Waals surface area contributed by atoms with E-state index in [0.717, 1.165) is 5.75 Å². The summed E-state index contributed by atoms with van der Waals surface area (Å²) in [4.78, 5) is 2.77. The van der Waals surface area contributed by atoms with E-state index in [1.54, 1.807) is 6.08 Å². The fraction of sp³-hybridized carbons (Fsp3) is 0.0526. The Morgan fingerprint density at radius 1 is 0.750 bits per heavy atom. The zero-order valence-electron chi connectivity index (χ0n) is 11.5. The number of allylic oxidation sites excluding steroid dienone is 4. The maximum Gasteiger partial charge on any atom is 0.161 e. The fourth-order valence-electron chi connectivity index (χ4n) is 1.87. The highest BCUT2D eigenvalue weighted by atomic mass is 32.2. The lowest BCUT2D eigenvalue weighted by molar-refractivity contribution is 1.36. The first-order valence-corrected chi connectivity index (χ1v) is 8.06. The normalized spacial score (nSPS) is 11.4. The summed E-state index contributed by atoms with van der Waals surface area (Å²) < 4.78 is 0. The summed E-state index contributed by atoms with van der Waals surface area (Å²) in [6.45, 7) is 3.67. The quantitative estimate of drug-likeness (QED) is 0.514. The zero-order chi connectivity index (χ0) is 14.0. The Kier molecular flexibility index (Phi) is 5.94. The van der Waals surface area contributed by atoms with Gasteiger partial charge in [-0.2, -0.15) is 0 Å². The van der Waals surface area contributed by atoms with Crippen LogP contribution in [0.5, 0.6) is 0 Å². The summed E-state index contributed by atoms with van der Waals surface area (Å²) >= 11 is 0. The zero-order valence-corrected chi connectivity index (χ0v) is 12.3. The van der Waals surface area contributed by atoms with Crippen molar-refractivity contribution in [3.8, 4) is 0 Å². The summed E-state index contributed by atoms with van der Waals surface area (Å²) in [5.74, 6) is 1.02. The molecule has 0 amide bonds. The molecule has 0 radical (unpaired) electrons. The highest BCUT2D eigenvalue weighted by Gasteiger charge is 2.22. The molecular weight excluding hydrogens is 260 g/mol. The van der Waals surface area contributed by atoms with Crippen LogP contribution in [0.1, 0.15) is 0 Å². The van der Waals surface area contributed by atoms with Gasteiger partial charge in [0, 0.05) is 0 Å². The minimum Gasteiger partial charge on any atom is -0.0991 e. The van der Waals surface area contributed by atoms with Crippen molar-refractivity contribution in [2.24, 2.45) is 0 Å². The smallest absolute Gasteiger partial charge is 0.0991 e. The maximum absolute atomic E-state index is 3.67. The summed E-state index contributed by atoms with van der Waals surface area (Å²) in [5.41, 5.74) is 0. The molecule has 0 N–H and O–H groups in total. The van der Waals surface area contributed by atoms with Crippen LogP contribution in [0.3, 0.4) is 0 Å². The van der Waals surface area contributed by atoms with Crippen molar-refractivity contribution >= 4 is 10.9 Å². The first kappa shape index (κ1) is 14.4. The third-order valence-corrected chi connectivity index (χ3v) is 5.02. The van der Waals surface area contributed by atoms with Crippen molar-refractivity contribution in [1.29, 1.82) is 0 Å². The monoisotopic (exact) mass is 279 g/mol. The van der Waals surface area contributed by atoms with E-state index in [0.29, 0.717) is 0 Å². The van der Waals surface area contributed by atoms with Gasteiger partial charge in [0.2, 0.25) is 0 Å². The van der Waals surface area contributed by atoms with Crippen molar-refractivity contribution in [2.45, 2.75) is 9.79 Å². The van der Waals surface area contributed by atoms with Crippen LogP contribution in [0.25, 0.3) is 0 Å². The average molecular weight is 279 g/mol. The SMILES string of the molecule is C=C/C=C\C=C/C[S+](c1ccccc1)c1ccccc1. The second-order valence-corrected chi connectivity index (χ2v) is 6.29. The third-order valence-electron chi connectivity index (χ3n) is 2.81. The molecule has 0 unspecified atom stereocenters. The van der Waals surface area contributed by atoms with Crippen LogP contribution in [0, 0.1) is 0 Å². The molecule has 0 aliphatic carbocycles. The van der Waals surface area contributed by atoms with Crippen LogP contribution in [-0.2, 0) is 10.9 Å². The fourth-order valence-corrected chi connectivity index (χ4v) is 3.80. The number of rotatable bonds is 6. The Morgan fingerprint density at radius 3 is 1.80 bits per heavy atom. The predicted molar refractivity (Wildman–Crippen MR) is 90.1 cm³/mol. The molecule has 1 heteroatoms. The van der Waals surface area contributed by atoms with Crippen molar-refractivity contribution in [3.63, 3.8) is 0 Å². The Morgan fingerprint density at radius 2 is 1.30 bits per heavy atom. The van der Waals surface area contributed by atoms with Gasteiger partial charge in [0.25, 0.3) is 0 Å². The summed E-state index contributed by atoms with van der Waals surface area (Å²) in [5, 5.41) is 0. The molecule has 100 valence electrons. The molecule has 2 aromatic rings. The van der Waals surface area contributed by atoms with Gasteiger partial charge in [0.15, 0.2) is 9.79 Å². The van der Waals surface area contributed by atoms with E-state index in [4.69, 9.17) is 0 Å². The van der Waals surface area contributed by atoms with E-state index in [-0.39, 0.29) is 10.9 Å². The lowest BCUT2D eigenvalue weighted by atomic mass is 10.4. The van der Waals surface area contributed by atoms with Gasteiger partial charge in [-0.25, -0.2) is 0 Å². The summed E-state index contributed by atoms with van der Waals surface area (Å²) in [6.07, 6.45) is 10.1. The minimum absolute atomic E-state index is 0.0968. The number of hydrogen-bond acceptors (Lipinski definition) is 0. The van der Waals surface area contributed by atoms with Crippen LogP contribution in [0.15, 0.2) is 107 Å². The molecule has 2 aromatic carbocycles. The molecule has 0 saturated carbocycles. The second kappa shape index (κ2) is 8.23. The van der Waals surface area contributed by atoms with Crippen LogP contribution < -0.4 is 0 Å². The van der Waals surface area contributed by atoms with Crippen molar-refractivity contribution in [3.05, 3.63) is 97.6 Å². The maximum atomic E-state index is 3.67.